The van der Waals surface area contributed by atoms with Gasteiger partial charge in [0.1, 0.15) is 12.4 Å². The fourth-order valence-electron chi connectivity index (χ4n) is 6.97. The summed E-state index contributed by atoms with van der Waals surface area (Å²) in [5.41, 5.74) is 4.25. The van der Waals surface area contributed by atoms with Crippen LogP contribution in [0, 0.1) is 5.41 Å². The molecule has 4 aromatic rings. The molecule has 12 heteroatoms. The number of hydrogen-bond acceptors (Lipinski definition) is 7. The molecule has 1 aromatic heterocycles. The van der Waals surface area contributed by atoms with E-state index in [-0.39, 0.29) is 67.4 Å². The van der Waals surface area contributed by atoms with Crippen LogP contribution in [-0.4, -0.2) is 76.2 Å². The summed E-state index contributed by atoms with van der Waals surface area (Å²) in [6.07, 6.45) is 3.03. The molecule has 0 atom stereocenters. The molecule has 0 radical (unpaired) electrons. The van der Waals surface area contributed by atoms with Crippen LogP contribution < -0.4 is 16.0 Å². The average molecular weight is 703 g/mol. The Balaban J connectivity index is 1.20. The van der Waals surface area contributed by atoms with E-state index in [0.717, 1.165) is 27.8 Å². The zero-order chi connectivity index (χ0) is 36.8. The van der Waals surface area contributed by atoms with Crippen molar-refractivity contribution in [3.8, 4) is 0 Å². The van der Waals surface area contributed by atoms with Gasteiger partial charge in [-0.05, 0) is 78.0 Å². The lowest BCUT2D eigenvalue weighted by atomic mass is 9.78. The maximum atomic E-state index is 14.5. The van der Waals surface area contributed by atoms with Crippen molar-refractivity contribution in [2.75, 3.05) is 37.3 Å². The molecule has 4 amide bonds. The third kappa shape index (κ3) is 8.02. The summed E-state index contributed by atoms with van der Waals surface area (Å²) in [5, 5.41) is 18.6. The Hall–Kier alpha value is -5.88. The highest BCUT2D eigenvalue weighted by Gasteiger charge is 2.41. The Labute approximate surface area is 302 Å². The van der Waals surface area contributed by atoms with Crippen LogP contribution in [0.25, 0.3) is 0 Å². The minimum absolute atomic E-state index is 0.0646. The molecule has 268 valence electrons. The number of nitrogens with zero attached hydrogens (tertiary/aromatic N) is 3. The van der Waals surface area contributed by atoms with E-state index in [1.54, 1.807) is 40.3 Å². The first kappa shape index (κ1) is 35.9. The monoisotopic (exact) mass is 702 g/mol. The molecular formula is C40H42N6O6. The number of benzene rings is 3. The molecular weight excluding hydrogens is 660 g/mol. The van der Waals surface area contributed by atoms with Gasteiger partial charge in [-0.15, -0.1) is 0 Å². The highest BCUT2D eigenvalue weighted by atomic mass is 16.4. The lowest BCUT2D eigenvalue weighted by Gasteiger charge is -2.41. The van der Waals surface area contributed by atoms with Gasteiger partial charge in [0.25, 0.3) is 5.91 Å². The second kappa shape index (κ2) is 15.6. The SMILES string of the molecule is CNCc1ccccc1CN(CC(=O)Nc1ccc2c(c1)CC(=O)Nc1ncccc1C2)C(=O)C1(C)CCN(C(=O)c2ccccc2C(=O)O)CC1. The Morgan fingerprint density at radius 2 is 1.60 bits per heavy atom. The van der Waals surface area contributed by atoms with Crippen LogP contribution in [0.15, 0.2) is 85.1 Å². The quantitative estimate of drug-likeness (QED) is 0.188. The number of carboxylic acid groups (broad SMARTS) is 1. The summed E-state index contributed by atoms with van der Waals surface area (Å²) >= 11 is 0. The Bertz CT molecular complexity index is 2020. The second-order valence-corrected chi connectivity index (χ2v) is 13.6. The number of carbonyl (C=O) groups excluding carboxylic acids is 4. The van der Waals surface area contributed by atoms with E-state index in [0.29, 0.717) is 37.3 Å². The molecule has 12 nitrogen and oxygen atoms in total. The molecule has 6 rings (SSSR count). The first-order valence-corrected chi connectivity index (χ1v) is 17.3. The van der Waals surface area contributed by atoms with E-state index < -0.39 is 11.4 Å². The second-order valence-electron chi connectivity index (χ2n) is 13.6. The highest BCUT2D eigenvalue weighted by Crippen LogP contribution is 2.35. The number of aromatic carboxylic acids is 1. The van der Waals surface area contributed by atoms with Crippen LogP contribution in [0.3, 0.4) is 0 Å². The first-order chi connectivity index (χ1) is 25.0. The summed E-state index contributed by atoms with van der Waals surface area (Å²) in [6, 6.07) is 23.2. The number of piperidine rings is 1. The smallest absolute Gasteiger partial charge is 0.336 e. The van der Waals surface area contributed by atoms with Crippen LogP contribution >= 0.6 is 0 Å². The normalized spacial score (nSPS) is 14.9. The fourth-order valence-corrected chi connectivity index (χ4v) is 6.97. The van der Waals surface area contributed by atoms with Crippen LogP contribution in [0.2, 0.25) is 0 Å². The minimum Gasteiger partial charge on any atom is -0.478 e. The molecule has 1 fully saturated rings. The third-order valence-electron chi connectivity index (χ3n) is 9.90. The van der Waals surface area contributed by atoms with Gasteiger partial charge < -0.3 is 30.9 Å². The molecule has 0 unspecified atom stereocenters. The summed E-state index contributed by atoms with van der Waals surface area (Å²) in [6.45, 7) is 2.95. The van der Waals surface area contributed by atoms with Crippen LogP contribution in [0.4, 0.5) is 11.5 Å². The molecule has 52 heavy (non-hydrogen) atoms. The maximum absolute atomic E-state index is 14.5. The first-order valence-electron chi connectivity index (χ1n) is 17.3. The number of carboxylic acids is 1. The van der Waals surface area contributed by atoms with Crippen molar-refractivity contribution in [2.24, 2.45) is 5.41 Å². The van der Waals surface area contributed by atoms with Crippen molar-refractivity contribution >= 4 is 41.1 Å². The fraction of sp³-hybridized carbons (Fsp3) is 0.300. The Kier molecular flexibility index (Phi) is 10.8. The van der Waals surface area contributed by atoms with Gasteiger partial charge in [-0.3, -0.25) is 19.2 Å². The number of carbonyl (C=O) groups is 5. The molecule has 4 N–H and O–H groups in total. The standard InChI is InChI=1S/C40H42N6O6/c1-40(15-18-45(19-16-40)37(49)32-11-5-6-12-33(32)38(50)51)39(52)46(24-29-9-4-3-8-28(29)23-41-2)25-35(48)43-31-14-13-26-20-27-10-7-17-42-36(27)44-34(47)22-30(26)21-31/h3-14,17,21,41H,15-16,18-20,22-25H2,1-2H3,(H,43,48)(H,50,51)(H,42,44,47). The van der Waals surface area contributed by atoms with Crippen molar-refractivity contribution in [3.05, 3.63) is 124 Å². The summed E-state index contributed by atoms with van der Waals surface area (Å²) in [7, 11) is 1.85. The van der Waals surface area contributed by atoms with Gasteiger partial charge in [-0.25, -0.2) is 9.78 Å². The largest absolute Gasteiger partial charge is 0.478 e. The minimum atomic E-state index is -1.18. The van der Waals surface area contributed by atoms with Crippen LogP contribution in [-0.2, 0) is 40.3 Å². The molecule has 2 aliphatic rings. The van der Waals surface area contributed by atoms with Gasteiger partial charge >= 0.3 is 5.97 Å². The predicted molar refractivity (Wildman–Crippen MR) is 196 cm³/mol. The van der Waals surface area contributed by atoms with E-state index in [4.69, 9.17) is 0 Å². The van der Waals surface area contributed by atoms with Crippen molar-refractivity contribution in [3.63, 3.8) is 0 Å². The number of rotatable bonds is 10. The molecule has 0 spiro atoms. The van der Waals surface area contributed by atoms with E-state index in [1.165, 1.54) is 12.1 Å². The van der Waals surface area contributed by atoms with E-state index in [2.05, 4.69) is 20.9 Å². The molecule has 0 aliphatic carbocycles. The number of amides is 4. The summed E-state index contributed by atoms with van der Waals surface area (Å²) in [4.78, 5) is 73.6. The molecule has 3 heterocycles. The van der Waals surface area contributed by atoms with Crippen LogP contribution in [0.5, 0.6) is 0 Å². The van der Waals surface area contributed by atoms with E-state index in [1.807, 2.05) is 56.4 Å². The number of nitrogens with one attached hydrogen (secondary N) is 3. The van der Waals surface area contributed by atoms with E-state index >= 15 is 0 Å². The predicted octanol–water partition coefficient (Wildman–Crippen LogP) is 4.49. The van der Waals surface area contributed by atoms with Crippen molar-refractivity contribution < 1.29 is 29.1 Å². The van der Waals surface area contributed by atoms with Crippen molar-refractivity contribution in [1.29, 1.82) is 0 Å². The zero-order valence-corrected chi connectivity index (χ0v) is 29.3. The average Bonchev–Trinajstić information content (AvgIpc) is 3.13. The zero-order valence-electron chi connectivity index (χ0n) is 29.3. The number of hydrogen-bond donors (Lipinski definition) is 4. The topological polar surface area (TPSA) is 161 Å². The van der Waals surface area contributed by atoms with Crippen molar-refractivity contribution in [1.82, 2.24) is 20.1 Å². The van der Waals surface area contributed by atoms with Crippen LogP contribution in [0.1, 0.15) is 68.3 Å². The number of fused-ring (bicyclic) bond motifs is 2. The maximum Gasteiger partial charge on any atom is 0.336 e. The summed E-state index contributed by atoms with van der Waals surface area (Å²) < 4.78 is 0. The molecule has 0 saturated carbocycles. The lowest BCUT2D eigenvalue weighted by Crippen LogP contribution is -2.51. The molecule has 3 aromatic carbocycles. The Morgan fingerprint density at radius 3 is 2.33 bits per heavy atom. The number of aromatic nitrogens is 1. The van der Waals surface area contributed by atoms with Crippen molar-refractivity contribution in [2.45, 2.75) is 45.7 Å². The summed E-state index contributed by atoms with van der Waals surface area (Å²) in [5.74, 6) is -1.81. The van der Waals surface area contributed by atoms with Gasteiger partial charge in [0.05, 0.1) is 17.5 Å². The van der Waals surface area contributed by atoms with E-state index in [9.17, 15) is 29.1 Å². The highest BCUT2D eigenvalue weighted by molar-refractivity contribution is 6.05. The van der Waals surface area contributed by atoms with Gasteiger partial charge in [-0.1, -0.05) is 55.5 Å². The number of anilines is 2. The lowest BCUT2D eigenvalue weighted by molar-refractivity contribution is -0.146. The molecule has 2 aliphatic heterocycles. The number of pyridine rings is 1. The Morgan fingerprint density at radius 1 is 0.885 bits per heavy atom. The van der Waals surface area contributed by atoms with Gasteiger partial charge in [-0.2, -0.15) is 0 Å². The van der Waals surface area contributed by atoms with Gasteiger partial charge in [0.15, 0.2) is 0 Å². The van der Waals surface area contributed by atoms with Gasteiger partial charge in [0.2, 0.25) is 17.7 Å². The molecule has 0 bridgehead atoms. The number of likely N-dealkylation sites (tertiary alicyclic amines) is 1. The van der Waals surface area contributed by atoms with Gasteiger partial charge in [0, 0.05) is 49.9 Å². The third-order valence-corrected chi connectivity index (χ3v) is 9.90. The molecule has 1 saturated heterocycles.